The summed E-state index contributed by atoms with van der Waals surface area (Å²) >= 11 is 0. The van der Waals surface area contributed by atoms with Gasteiger partial charge in [-0.1, -0.05) is 17.3 Å². The number of carbonyl (C=O) groups is 1. The van der Waals surface area contributed by atoms with Gasteiger partial charge in [-0.2, -0.15) is 0 Å². The van der Waals surface area contributed by atoms with Crippen LogP contribution in [0, 0.1) is 13.8 Å². The Kier molecular flexibility index (Phi) is 3.29. The third kappa shape index (κ3) is 2.44. The number of nitrogens with two attached hydrogens (primary N) is 1. The maximum atomic E-state index is 11.5. The molecule has 1 aromatic heterocycles. The predicted molar refractivity (Wildman–Crippen MR) is 77.1 cm³/mol. The average Bonchev–Trinajstić information content (AvgIpc) is 2.79. The van der Waals surface area contributed by atoms with Gasteiger partial charge in [0.25, 0.3) is 5.91 Å². The van der Waals surface area contributed by atoms with Gasteiger partial charge in [0.2, 0.25) is 0 Å². The van der Waals surface area contributed by atoms with Crippen LogP contribution in [0.25, 0.3) is 0 Å². The number of carbonyl (C=O) groups excluding carboxylic acids is 1. The quantitative estimate of drug-likeness (QED) is 0.926. The molecule has 0 aliphatic carbocycles. The minimum Gasteiger partial charge on any atom is -0.477 e. The first kappa shape index (κ1) is 13.5. The van der Waals surface area contributed by atoms with E-state index in [1.807, 2.05) is 38.1 Å². The topological polar surface area (TPSA) is 81.6 Å². The molecule has 0 bridgehead atoms. The van der Waals surface area contributed by atoms with Gasteiger partial charge in [0.05, 0.1) is 17.9 Å². The number of para-hydroxylation sites is 2. The molecule has 1 aliphatic heterocycles. The molecule has 2 heterocycles. The Morgan fingerprint density at radius 3 is 2.86 bits per heavy atom. The van der Waals surface area contributed by atoms with Crippen molar-refractivity contribution in [2.24, 2.45) is 5.73 Å². The standard InChI is InChI=1S/C15H17N3O3/c1-9-11(10(2)21-17-9)7-18-8-14(15(16)19)20-13-6-4-3-5-12(13)18/h3-6,14H,7-8H2,1-2H3,(H2,16,19)/t14-/m1/s1. The Bertz CT molecular complexity index is 661. The van der Waals surface area contributed by atoms with Crippen molar-refractivity contribution in [3.8, 4) is 5.75 Å². The number of fused-ring (bicyclic) bond motifs is 1. The van der Waals surface area contributed by atoms with Gasteiger partial charge in [-0.25, -0.2) is 0 Å². The van der Waals surface area contributed by atoms with E-state index in [1.165, 1.54) is 0 Å². The van der Waals surface area contributed by atoms with Crippen molar-refractivity contribution in [1.82, 2.24) is 5.16 Å². The molecule has 1 aliphatic rings. The summed E-state index contributed by atoms with van der Waals surface area (Å²) in [6, 6.07) is 7.61. The van der Waals surface area contributed by atoms with E-state index in [1.54, 1.807) is 0 Å². The zero-order valence-electron chi connectivity index (χ0n) is 12.0. The van der Waals surface area contributed by atoms with Crippen LogP contribution in [0.1, 0.15) is 17.0 Å². The number of aryl methyl sites for hydroxylation is 2. The average molecular weight is 287 g/mol. The number of rotatable bonds is 3. The Hall–Kier alpha value is -2.50. The van der Waals surface area contributed by atoms with Crippen molar-refractivity contribution in [2.75, 3.05) is 11.4 Å². The van der Waals surface area contributed by atoms with Crippen LogP contribution in [-0.4, -0.2) is 23.7 Å². The molecule has 0 spiro atoms. The van der Waals surface area contributed by atoms with Gasteiger partial charge in [0.15, 0.2) is 6.10 Å². The lowest BCUT2D eigenvalue weighted by Crippen LogP contribution is -2.47. The minimum absolute atomic E-state index is 0.413. The second-order valence-corrected chi connectivity index (χ2v) is 5.16. The molecule has 110 valence electrons. The SMILES string of the molecule is Cc1noc(C)c1CN1C[C@H](C(N)=O)Oc2ccccc21. The molecule has 6 nitrogen and oxygen atoms in total. The second-order valence-electron chi connectivity index (χ2n) is 5.16. The van der Waals surface area contributed by atoms with Gasteiger partial charge < -0.3 is 19.9 Å². The lowest BCUT2D eigenvalue weighted by atomic mass is 10.1. The number of hydrogen-bond donors (Lipinski definition) is 1. The van der Waals surface area contributed by atoms with Crippen LogP contribution in [0.4, 0.5) is 5.69 Å². The smallest absolute Gasteiger partial charge is 0.260 e. The van der Waals surface area contributed by atoms with Crippen molar-refractivity contribution in [2.45, 2.75) is 26.5 Å². The molecule has 0 unspecified atom stereocenters. The summed E-state index contributed by atoms with van der Waals surface area (Å²) in [6.45, 7) is 4.80. The summed E-state index contributed by atoms with van der Waals surface area (Å²) in [6.07, 6.45) is -0.652. The van der Waals surface area contributed by atoms with Crippen molar-refractivity contribution < 1.29 is 14.1 Å². The molecule has 1 atom stereocenters. The van der Waals surface area contributed by atoms with Crippen LogP contribution in [-0.2, 0) is 11.3 Å². The largest absolute Gasteiger partial charge is 0.477 e. The molecule has 0 radical (unpaired) electrons. The summed E-state index contributed by atoms with van der Waals surface area (Å²) in [7, 11) is 0. The number of amides is 1. The predicted octanol–water partition coefficient (Wildman–Crippen LogP) is 1.54. The van der Waals surface area contributed by atoms with E-state index in [0.717, 1.165) is 22.7 Å². The number of hydrogen-bond acceptors (Lipinski definition) is 5. The van der Waals surface area contributed by atoms with Gasteiger partial charge in [-0.05, 0) is 26.0 Å². The number of aromatic nitrogens is 1. The molecular formula is C15H17N3O3. The highest BCUT2D eigenvalue weighted by Crippen LogP contribution is 2.34. The minimum atomic E-state index is -0.652. The van der Waals surface area contributed by atoms with Crippen molar-refractivity contribution in [3.63, 3.8) is 0 Å². The summed E-state index contributed by atoms with van der Waals surface area (Å²) in [5.41, 5.74) is 8.21. The lowest BCUT2D eigenvalue weighted by molar-refractivity contribution is -0.124. The summed E-state index contributed by atoms with van der Waals surface area (Å²) in [4.78, 5) is 13.6. The molecule has 1 amide bonds. The number of anilines is 1. The third-order valence-corrected chi connectivity index (χ3v) is 3.71. The fourth-order valence-corrected chi connectivity index (χ4v) is 2.52. The molecule has 2 N–H and O–H groups in total. The first-order valence-electron chi connectivity index (χ1n) is 6.78. The molecule has 2 aromatic rings. The van der Waals surface area contributed by atoms with Crippen LogP contribution < -0.4 is 15.4 Å². The van der Waals surface area contributed by atoms with Gasteiger partial charge in [0.1, 0.15) is 11.5 Å². The molecule has 21 heavy (non-hydrogen) atoms. The van der Waals surface area contributed by atoms with Crippen molar-refractivity contribution >= 4 is 11.6 Å². The highest BCUT2D eigenvalue weighted by atomic mass is 16.5. The van der Waals surface area contributed by atoms with Crippen molar-refractivity contribution in [3.05, 3.63) is 41.3 Å². The van der Waals surface area contributed by atoms with Gasteiger partial charge >= 0.3 is 0 Å². The Morgan fingerprint density at radius 1 is 1.43 bits per heavy atom. The first-order valence-corrected chi connectivity index (χ1v) is 6.78. The number of ether oxygens (including phenoxy) is 1. The van der Waals surface area contributed by atoms with Crippen LogP contribution in [0.3, 0.4) is 0 Å². The molecular weight excluding hydrogens is 270 g/mol. The zero-order valence-corrected chi connectivity index (χ0v) is 12.0. The fraction of sp³-hybridized carbons (Fsp3) is 0.333. The maximum absolute atomic E-state index is 11.5. The first-order chi connectivity index (χ1) is 10.1. The fourth-order valence-electron chi connectivity index (χ4n) is 2.52. The lowest BCUT2D eigenvalue weighted by Gasteiger charge is -2.34. The highest BCUT2D eigenvalue weighted by molar-refractivity contribution is 5.81. The highest BCUT2D eigenvalue weighted by Gasteiger charge is 2.30. The Balaban J connectivity index is 1.95. The molecule has 1 aromatic carbocycles. The van der Waals surface area contributed by atoms with E-state index in [4.69, 9.17) is 15.0 Å². The molecule has 0 saturated heterocycles. The van der Waals surface area contributed by atoms with E-state index < -0.39 is 12.0 Å². The zero-order chi connectivity index (χ0) is 15.0. The van der Waals surface area contributed by atoms with E-state index in [9.17, 15) is 4.79 Å². The normalized spacial score (nSPS) is 17.2. The summed E-state index contributed by atoms with van der Waals surface area (Å²) in [5, 5.41) is 3.97. The van der Waals surface area contributed by atoms with E-state index in [-0.39, 0.29) is 0 Å². The molecule has 3 rings (SSSR count). The van der Waals surface area contributed by atoms with E-state index in [0.29, 0.717) is 18.8 Å². The van der Waals surface area contributed by atoms with Gasteiger partial charge in [-0.3, -0.25) is 4.79 Å². The van der Waals surface area contributed by atoms with Crippen LogP contribution >= 0.6 is 0 Å². The Labute approximate surface area is 122 Å². The van der Waals surface area contributed by atoms with E-state index >= 15 is 0 Å². The summed E-state index contributed by atoms with van der Waals surface area (Å²) < 4.78 is 10.8. The third-order valence-electron chi connectivity index (χ3n) is 3.71. The second kappa shape index (κ2) is 5.12. The maximum Gasteiger partial charge on any atom is 0.260 e. The van der Waals surface area contributed by atoms with Gasteiger partial charge in [0, 0.05) is 12.1 Å². The van der Waals surface area contributed by atoms with Crippen LogP contribution in [0.2, 0.25) is 0 Å². The van der Waals surface area contributed by atoms with E-state index in [2.05, 4.69) is 10.1 Å². The van der Waals surface area contributed by atoms with Crippen LogP contribution in [0.15, 0.2) is 28.8 Å². The number of benzene rings is 1. The summed E-state index contributed by atoms with van der Waals surface area (Å²) in [5.74, 6) is 0.986. The molecule has 6 heteroatoms. The number of primary amides is 1. The molecule has 0 fully saturated rings. The monoisotopic (exact) mass is 287 g/mol. The number of nitrogens with zero attached hydrogens (tertiary/aromatic N) is 2. The van der Waals surface area contributed by atoms with Crippen molar-refractivity contribution in [1.29, 1.82) is 0 Å². The van der Waals surface area contributed by atoms with Gasteiger partial charge in [-0.15, -0.1) is 0 Å². The molecule has 0 saturated carbocycles. The Morgan fingerprint density at radius 2 is 2.19 bits per heavy atom. The van der Waals surface area contributed by atoms with Crippen LogP contribution in [0.5, 0.6) is 5.75 Å².